The first-order chi connectivity index (χ1) is 13.4. The Balaban J connectivity index is 1.84. The molecule has 0 saturated heterocycles. The highest BCUT2D eigenvalue weighted by Crippen LogP contribution is 2.36. The number of hydrogen-bond acceptors (Lipinski definition) is 4. The molecular formula is C21H12ClFN2O3. The average molecular weight is 395 g/mol. The first kappa shape index (κ1) is 17.9. The van der Waals surface area contributed by atoms with Crippen LogP contribution in [0.4, 0.5) is 15.8 Å². The summed E-state index contributed by atoms with van der Waals surface area (Å²) in [5.74, 6) is -2.39. The maximum Gasteiger partial charge on any atom is 0.258 e. The molecule has 28 heavy (non-hydrogen) atoms. The molecule has 3 aromatic rings. The minimum absolute atomic E-state index is 0.00824. The molecule has 0 unspecified atom stereocenters. The molecular weight excluding hydrogens is 383 g/mol. The van der Waals surface area contributed by atoms with Crippen molar-refractivity contribution in [3.8, 4) is 0 Å². The molecule has 0 spiro atoms. The quantitative estimate of drug-likeness (QED) is 0.501. The van der Waals surface area contributed by atoms with Gasteiger partial charge in [0.25, 0.3) is 5.91 Å². The number of fused-ring (bicyclic) bond motifs is 2. The molecule has 0 heterocycles. The summed E-state index contributed by atoms with van der Waals surface area (Å²) in [6.45, 7) is 0. The summed E-state index contributed by atoms with van der Waals surface area (Å²) in [6.07, 6.45) is 0. The molecule has 0 bridgehead atoms. The first-order valence-electron chi connectivity index (χ1n) is 8.26. The smallest absolute Gasteiger partial charge is 0.258 e. The summed E-state index contributed by atoms with van der Waals surface area (Å²) >= 11 is 5.95. The monoisotopic (exact) mass is 394 g/mol. The number of nitrogens with two attached hydrogens (primary N) is 1. The standard InChI is InChI=1S/C21H12ClFN2O3/c22-10-5-6-11-13(9-10)20(27)17-15(24)7-8-16(18(17)19(11)26)25-21(28)12-3-1-2-4-14(12)23/h1-9H,24H2,(H,25,28). The Morgan fingerprint density at radius 2 is 1.64 bits per heavy atom. The van der Waals surface area contributed by atoms with E-state index in [0.29, 0.717) is 5.02 Å². The molecule has 1 amide bonds. The normalized spacial score (nSPS) is 12.4. The Hall–Kier alpha value is -3.51. The van der Waals surface area contributed by atoms with E-state index < -0.39 is 23.3 Å². The maximum absolute atomic E-state index is 13.9. The first-order valence-corrected chi connectivity index (χ1v) is 8.63. The zero-order chi connectivity index (χ0) is 20.0. The van der Waals surface area contributed by atoms with Crippen molar-refractivity contribution in [2.75, 3.05) is 11.1 Å². The summed E-state index contributed by atoms with van der Waals surface area (Å²) in [5, 5.41) is 2.83. The maximum atomic E-state index is 13.9. The van der Waals surface area contributed by atoms with E-state index in [0.717, 1.165) is 6.07 Å². The van der Waals surface area contributed by atoms with Gasteiger partial charge in [-0.1, -0.05) is 23.7 Å². The van der Waals surface area contributed by atoms with Crippen LogP contribution in [0.5, 0.6) is 0 Å². The molecule has 7 heteroatoms. The second-order valence-electron chi connectivity index (χ2n) is 6.23. The molecule has 0 saturated carbocycles. The number of amides is 1. The van der Waals surface area contributed by atoms with Crippen LogP contribution in [0.2, 0.25) is 5.02 Å². The van der Waals surface area contributed by atoms with Crippen molar-refractivity contribution in [3.63, 3.8) is 0 Å². The van der Waals surface area contributed by atoms with E-state index in [1.807, 2.05) is 0 Å². The lowest BCUT2D eigenvalue weighted by Crippen LogP contribution is -2.25. The summed E-state index contributed by atoms with van der Waals surface area (Å²) in [7, 11) is 0. The van der Waals surface area contributed by atoms with Crippen molar-refractivity contribution in [2.45, 2.75) is 0 Å². The third kappa shape index (κ3) is 2.75. The van der Waals surface area contributed by atoms with E-state index in [-0.39, 0.29) is 39.2 Å². The van der Waals surface area contributed by atoms with Crippen molar-refractivity contribution >= 4 is 40.4 Å². The number of anilines is 2. The number of hydrogen-bond donors (Lipinski definition) is 2. The van der Waals surface area contributed by atoms with Crippen LogP contribution >= 0.6 is 11.6 Å². The second-order valence-corrected chi connectivity index (χ2v) is 6.67. The predicted molar refractivity (Wildman–Crippen MR) is 104 cm³/mol. The van der Waals surface area contributed by atoms with Gasteiger partial charge >= 0.3 is 0 Å². The Bertz CT molecular complexity index is 1190. The fraction of sp³-hybridized carbons (Fsp3) is 0. The second kappa shape index (κ2) is 6.58. The average Bonchev–Trinajstić information content (AvgIpc) is 2.67. The van der Waals surface area contributed by atoms with E-state index in [4.69, 9.17) is 17.3 Å². The van der Waals surface area contributed by atoms with Gasteiger partial charge in [0, 0.05) is 21.8 Å². The fourth-order valence-corrected chi connectivity index (χ4v) is 3.38. The van der Waals surface area contributed by atoms with Crippen LogP contribution in [0.3, 0.4) is 0 Å². The van der Waals surface area contributed by atoms with E-state index in [1.165, 1.54) is 48.5 Å². The largest absolute Gasteiger partial charge is 0.398 e. The van der Waals surface area contributed by atoms with Crippen LogP contribution < -0.4 is 11.1 Å². The number of nitrogens with one attached hydrogen (secondary N) is 1. The van der Waals surface area contributed by atoms with Gasteiger partial charge in [-0.05, 0) is 42.5 Å². The molecule has 4 rings (SSSR count). The summed E-state index contributed by atoms with van der Waals surface area (Å²) in [4.78, 5) is 38.5. The van der Waals surface area contributed by atoms with Gasteiger partial charge in [0.1, 0.15) is 5.82 Å². The minimum atomic E-state index is -0.743. The molecule has 0 radical (unpaired) electrons. The van der Waals surface area contributed by atoms with E-state index in [9.17, 15) is 18.8 Å². The SMILES string of the molecule is Nc1ccc(NC(=O)c2ccccc2F)c2c1C(=O)c1cc(Cl)ccc1C2=O. The third-order valence-electron chi connectivity index (χ3n) is 4.53. The molecule has 138 valence electrons. The topological polar surface area (TPSA) is 89.3 Å². The van der Waals surface area contributed by atoms with Crippen molar-refractivity contribution < 1.29 is 18.8 Å². The van der Waals surface area contributed by atoms with Crippen LogP contribution in [0.15, 0.2) is 54.6 Å². The molecule has 5 nitrogen and oxygen atoms in total. The van der Waals surface area contributed by atoms with Crippen LogP contribution in [0.1, 0.15) is 42.2 Å². The highest BCUT2D eigenvalue weighted by molar-refractivity contribution is 6.35. The van der Waals surface area contributed by atoms with E-state index in [2.05, 4.69) is 5.32 Å². The van der Waals surface area contributed by atoms with Gasteiger partial charge in [0.05, 0.1) is 22.4 Å². The van der Waals surface area contributed by atoms with Crippen molar-refractivity contribution in [1.29, 1.82) is 0 Å². The molecule has 1 aliphatic carbocycles. The summed E-state index contributed by atoms with van der Waals surface area (Å²) in [5.41, 5.74) is 6.22. The van der Waals surface area contributed by atoms with Gasteiger partial charge in [-0.2, -0.15) is 0 Å². The molecule has 3 aromatic carbocycles. The molecule has 0 fully saturated rings. The summed E-state index contributed by atoms with van der Waals surface area (Å²) in [6, 6.07) is 12.6. The zero-order valence-corrected chi connectivity index (χ0v) is 15.0. The molecule has 1 aliphatic rings. The number of benzene rings is 3. The number of ketones is 2. The van der Waals surface area contributed by atoms with Gasteiger partial charge in [0.2, 0.25) is 0 Å². The molecule has 0 aliphatic heterocycles. The van der Waals surface area contributed by atoms with Gasteiger partial charge in [-0.25, -0.2) is 4.39 Å². The molecule has 3 N–H and O–H groups in total. The number of nitrogen functional groups attached to an aromatic ring is 1. The van der Waals surface area contributed by atoms with Gasteiger partial charge in [0.15, 0.2) is 11.6 Å². The number of rotatable bonds is 2. The van der Waals surface area contributed by atoms with Crippen LogP contribution in [0, 0.1) is 5.82 Å². The lowest BCUT2D eigenvalue weighted by atomic mass is 9.82. The van der Waals surface area contributed by atoms with Crippen molar-refractivity contribution in [1.82, 2.24) is 0 Å². The van der Waals surface area contributed by atoms with E-state index in [1.54, 1.807) is 0 Å². The van der Waals surface area contributed by atoms with Crippen molar-refractivity contribution in [2.24, 2.45) is 0 Å². The number of halogens is 2. The highest BCUT2D eigenvalue weighted by Gasteiger charge is 2.34. The zero-order valence-electron chi connectivity index (χ0n) is 14.3. The minimum Gasteiger partial charge on any atom is -0.398 e. The van der Waals surface area contributed by atoms with E-state index >= 15 is 0 Å². The number of carbonyl (C=O) groups excluding carboxylic acids is 3. The predicted octanol–water partition coefficient (Wildman–Crippen LogP) is 4.09. The Morgan fingerprint density at radius 1 is 0.929 bits per heavy atom. The lowest BCUT2D eigenvalue weighted by Gasteiger charge is -2.22. The van der Waals surface area contributed by atoms with Gasteiger partial charge < -0.3 is 11.1 Å². The summed E-state index contributed by atoms with van der Waals surface area (Å²) < 4.78 is 13.9. The molecule has 0 atom stereocenters. The molecule has 0 aromatic heterocycles. The van der Waals surface area contributed by atoms with Gasteiger partial charge in [-0.3, -0.25) is 14.4 Å². The van der Waals surface area contributed by atoms with Crippen LogP contribution in [-0.4, -0.2) is 17.5 Å². The van der Waals surface area contributed by atoms with Crippen LogP contribution in [-0.2, 0) is 0 Å². The lowest BCUT2D eigenvalue weighted by molar-refractivity contribution is 0.0979. The van der Waals surface area contributed by atoms with Gasteiger partial charge in [-0.15, -0.1) is 0 Å². The Morgan fingerprint density at radius 3 is 2.39 bits per heavy atom. The fourth-order valence-electron chi connectivity index (χ4n) is 3.21. The number of carbonyl (C=O) groups is 3. The Kier molecular flexibility index (Phi) is 4.20. The van der Waals surface area contributed by atoms with Crippen molar-refractivity contribution in [3.05, 3.63) is 93.3 Å². The highest BCUT2D eigenvalue weighted by atomic mass is 35.5. The third-order valence-corrected chi connectivity index (χ3v) is 4.76. The van der Waals surface area contributed by atoms with Crippen LogP contribution in [0.25, 0.3) is 0 Å². The Labute approximate surface area is 163 Å².